The number of hydrogen-bond acceptors (Lipinski definition) is 1. The van der Waals surface area contributed by atoms with E-state index in [4.69, 9.17) is 0 Å². The maximum atomic E-state index is 13.1. The zero-order valence-electron chi connectivity index (χ0n) is 10.4. The van der Waals surface area contributed by atoms with E-state index in [9.17, 15) is 9.18 Å². The van der Waals surface area contributed by atoms with Gasteiger partial charge in [-0.15, -0.1) is 0 Å². The van der Waals surface area contributed by atoms with E-state index in [2.05, 4.69) is 5.32 Å². The Kier molecular flexibility index (Phi) is 7.18. The Labute approximate surface area is 96.9 Å². The Hall–Kier alpha value is -1.38. The van der Waals surface area contributed by atoms with Crippen molar-refractivity contribution in [1.29, 1.82) is 0 Å². The first kappa shape index (κ1) is 14.6. The number of rotatable bonds is 3. The van der Waals surface area contributed by atoms with Crippen LogP contribution in [0.3, 0.4) is 0 Å². The lowest BCUT2D eigenvalue weighted by atomic mass is 10.2. The van der Waals surface area contributed by atoms with Gasteiger partial charge in [0.05, 0.1) is 5.56 Å². The zero-order valence-corrected chi connectivity index (χ0v) is 10.4. The minimum Gasteiger partial charge on any atom is -0.352 e. The number of carbonyl (C=O) groups excluding carboxylic acids is 1. The standard InChI is InChI=1S/C11H14FNO.C2H6/c1-8(2)7-13-11(14)9-5-3-4-6-10(9)12;1-2/h3-6,8H,7H2,1-2H3,(H,13,14);1-2H3. The van der Waals surface area contributed by atoms with Crippen LogP contribution in [0, 0.1) is 11.7 Å². The molecule has 0 saturated heterocycles. The summed E-state index contributed by atoms with van der Waals surface area (Å²) in [5, 5.41) is 2.66. The summed E-state index contributed by atoms with van der Waals surface area (Å²) in [6, 6.07) is 5.97. The van der Waals surface area contributed by atoms with Gasteiger partial charge in [-0.25, -0.2) is 4.39 Å². The van der Waals surface area contributed by atoms with Crippen molar-refractivity contribution in [3.8, 4) is 0 Å². The van der Waals surface area contributed by atoms with Crippen LogP contribution in [0.15, 0.2) is 24.3 Å². The van der Waals surface area contributed by atoms with Crippen LogP contribution in [-0.2, 0) is 0 Å². The second-order valence-corrected chi connectivity index (χ2v) is 3.58. The molecule has 0 bridgehead atoms. The van der Waals surface area contributed by atoms with E-state index in [0.29, 0.717) is 12.5 Å². The Morgan fingerprint density at radius 3 is 2.38 bits per heavy atom. The molecule has 0 aliphatic rings. The maximum absolute atomic E-state index is 13.1. The third-order valence-corrected chi connectivity index (χ3v) is 1.79. The monoisotopic (exact) mass is 225 g/mol. The summed E-state index contributed by atoms with van der Waals surface area (Å²) in [6.07, 6.45) is 0. The Morgan fingerprint density at radius 1 is 1.31 bits per heavy atom. The normalized spacial score (nSPS) is 9.38. The van der Waals surface area contributed by atoms with E-state index in [0.717, 1.165) is 0 Å². The highest BCUT2D eigenvalue weighted by molar-refractivity contribution is 5.94. The van der Waals surface area contributed by atoms with Crippen LogP contribution in [0.2, 0.25) is 0 Å². The van der Waals surface area contributed by atoms with Gasteiger partial charge in [-0.2, -0.15) is 0 Å². The molecule has 0 atom stereocenters. The lowest BCUT2D eigenvalue weighted by Crippen LogP contribution is -2.27. The van der Waals surface area contributed by atoms with Crippen molar-refractivity contribution >= 4 is 5.91 Å². The lowest BCUT2D eigenvalue weighted by Gasteiger charge is -2.07. The van der Waals surface area contributed by atoms with Gasteiger partial charge in [-0.1, -0.05) is 39.8 Å². The number of hydrogen-bond donors (Lipinski definition) is 1. The number of nitrogens with one attached hydrogen (secondary N) is 1. The molecule has 0 radical (unpaired) electrons. The molecule has 16 heavy (non-hydrogen) atoms. The molecule has 3 heteroatoms. The molecule has 0 spiro atoms. The minimum absolute atomic E-state index is 0.105. The van der Waals surface area contributed by atoms with Gasteiger partial charge in [0.1, 0.15) is 5.82 Å². The molecule has 0 aliphatic heterocycles. The van der Waals surface area contributed by atoms with Gasteiger partial charge in [-0.05, 0) is 18.1 Å². The van der Waals surface area contributed by atoms with Gasteiger partial charge in [0.25, 0.3) is 5.91 Å². The fourth-order valence-electron chi connectivity index (χ4n) is 1.04. The number of benzene rings is 1. The summed E-state index contributed by atoms with van der Waals surface area (Å²) in [4.78, 5) is 11.4. The highest BCUT2D eigenvalue weighted by Crippen LogP contribution is 2.05. The third-order valence-electron chi connectivity index (χ3n) is 1.79. The van der Waals surface area contributed by atoms with Crippen LogP contribution in [0.4, 0.5) is 4.39 Å². The van der Waals surface area contributed by atoms with Crippen molar-refractivity contribution in [2.45, 2.75) is 27.7 Å². The first-order valence-electron chi connectivity index (χ1n) is 5.64. The van der Waals surface area contributed by atoms with Crippen molar-refractivity contribution in [2.75, 3.05) is 6.54 Å². The van der Waals surface area contributed by atoms with Gasteiger partial charge in [0, 0.05) is 6.54 Å². The lowest BCUT2D eigenvalue weighted by molar-refractivity contribution is 0.0945. The molecule has 0 saturated carbocycles. The molecule has 0 unspecified atom stereocenters. The molecule has 2 nitrogen and oxygen atoms in total. The quantitative estimate of drug-likeness (QED) is 0.840. The number of carbonyl (C=O) groups is 1. The van der Waals surface area contributed by atoms with E-state index in [1.807, 2.05) is 27.7 Å². The number of amides is 1. The molecule has 1 aromatic rings. The summed E-state index contributed by atoms with van der Waals surface area (Å²) in [6.45, 7) is 8.54. The average Bonchev–Trinajstić information content (AvgIpc) is 2.29. The van der Waals surface area contributed by atoms with Crippen LogP contribution in [0.25, 0.3) is 0 Å². The van der Waals surface area contributed by atoms with Gasteiger partial charge < -0.3 is 5.32 Å². The highest BCUT2D eigenvalue weighted by atomic mass is 19.1. The van der Waals surface area contributed by atoms with Crippen LogP contribution < -0.4 is 5.32 Å². The maximum Gasteiger partial charge on any atom is 0.254 e. The first-order valence-corrected chi connectivity index (χ1v) is 5.64. The van der Waals surface area contributed by atoms with Crippen molar-refractivity contribution in [3.05, 3.63) is 35.6 Å². The molecule has 1 N–H and O–H groups in total. The first-order chi connectivity index (χ1) is 7.61. The van der Waals surface area contributed by atoms with Crippen LogP contribution in [-0.4, -0.2) is 12.5 Å². The third kappa shape index (κ3) is 4.91. The van der Waals surface area contributed by atoms with Gasteiger partial charge >= 0.3 is 0 Å². The van der Waals surface area contributed by atoms with Gasteiger partial charge in [-0.3, -0.25) is 4.79 Å². The molecule has 1 rings (SSSR count). The molecule has 1 amide bonds. The molecule has 0 heterocycles. The molecule has 90 valence electrons. The largest absolute Gasteiger partial charge is 0.352 e. The highest BCUT2D eigenvalue weighted by Gasteiger charge is 2.09. The van der Waals surface area contributed by atoms with Crippen LogP contribution >= 0.6 is 0 Å². The van der Waals surface area contributed by atoms with E-state index in [1.54, 1.807) is 12.1 Å². The molecule has 0 fully saturated rings. The van der Waals surface area contributed by atoms with Crippen molar-refractivity contribution < 1.29 is 9.18 Å². The van der Waals surface area contributed by atoms with Crippen molar-refractivity contribution in [3.63, 3.8) is 0 Å². The van der Waals surface area contributed by atoms with Gasteiger partial charge in [0.2, 0.25) is 0 Å². The topological polar surface area (TPSA) is 29.1 Å². The summed E-state index contributed by atoms with van der Waals surface area (Å²) in [5.74, 6) is -0.462. The van der Waals surface area contributed by atoms with E-state index < -0.39 is 5.82 Å². The predicted molar refractivity (Wildman–Crippen MR) is 64.9 cm³/mol. The Balaban J connectivity index is 0.00000106. The van der Waals surface area contributed by atoms with Gasteiger partial charge in [0.15, 0.2) is 0 Å². The predicted octanol–water partition coefficient (Wildman–Crippen LogP) is 3.24. The second-order valence-electron chi connectivity index (χ2n) is 3.58. The molecule has 0 aliphatic carbocycles. The van der Waals surface area contributed by atoms with E-state index in [1.165, 1.54) is 12.1 Å². The smallest absolute Gasteiger partial charge is 0.254 e. The van der Waals surface area contributed by atoms with Crippen LogP contribution in [0.5, 0.6) is 0 Å². The van der Waals surface area contributed by atoms with Crippen molar-refractivity contribution in [1.82, 2.24) is 5.32 Å². The molecule has 1 aromatic carbocycles. The summed E-state index contributed by atoms with van der Waals surface area (Å²) >= 11 is 0. The Morgan fingerprint density at radius 2 is 1.88 bits per heavy atom. The molecular weight excluding hydrogens is 205 g/mol. The summed E-state index contributed by atoms with van der Waals surface area (Å²) in [5.41, 5.74) is 0.105. The van der Waals surface area contributed by atoms with Crippen LogP contribution in [0.1, 0.15) is 38.1 Å². The average molecular weight is 225 g/mol. The molecular formula is C13H20FNO. The summed E-state index contributed by atoms with van der Waals surface area (Å²) in [7, 11) is 0. The second kappa shape index (κ2) is 7.85. The van der Waals surface area contributed by atoms with Crippen molar-refractivity contribution in [2.24, 2.45) is 5.92 Å². The SMILES string of the molecule is CC.CC(C)CNC(=O)c1ccccc1F. The zero-order chi connectivity index (χ0) is 12.6. The number of halogens is 1. The minimum atomic E-state index is -0.478. The van der Waals surface area contributed by atoms with E-state index in [-0.39, 0.29) is 11.5 Å². The fraction of sp³-hybridized carbons (Fsp3) is 0.462. The Bertz CT molecular complexity index is 323. The molecule has 0 aromatic heterocycles. The fourth-order valence-corrected chi connectivity index (χ4v) is 1.04. The summed E-state index contributed by atoms with van der Waals surface area (Å²) < 4.78 is 13.1. The van der Waals surface area contributed by atoms with E-state index >= 15 is 0 Å².